The summed E-state index contributed by atoms with van der Waals surface area (Å²) in [5, 5.41) is 3.04. The van der Waals surface area contributed by atoms with Gasteiger partial charge in [-0.25, -0.2) is 8.42 Å². The summed E-state index contributed by atoms with van der Waals surface area (Å²) in [6.45, 7) is 6.52. The van der Waals surface area contributed by atoms with E-state index in [0.717, 1.165) is 25.7 Å². The fraction of sp³-hybridized carbons (Fsp3) is 0.632. The molecular weight excluding hydrogens is 352 g/mol. The van der Waals surface area contributed by atoms with Crippen molar-refractivity contribution in [2.24, 2.45) is 5.92 Å². The van der Waals surface area contributed by atoms with Crippen LogP contribution in [0.15, 0.2) is 23.1 Å². The summed E-state index contributed by atoms with van der Waals surface area (Å²) in [6, 6.07) is 4.74. The van der Waals surface area contributed by atoms with Crippen LogP contribution in [0, 0.1) is 5.92 Å². The molecule has 1 amide bonds. The molecule has 1 aromatic rings. The third-order valence-corrected chi connectivity index (χ3v) is 7.17. The first-order valence-corrected chi connectivity index (χ1v) is 10.8. The SMILES string of the molecule is CCN(CC)S(=O)(=O)c1cc(C(=O)NC2CCC(C)CC2)ccc1OC. The van der Waals surface area contributed by atoms with Crippen molar-refractivity contribution in [2.45, 2.75) is 57.4 Å². The van der Waals surface area contributed by atoms with E-state index in [1.54, 1.807) is 26.0 Å². The summed E-state index contributed by atoms with van der Waals surface area (Å²) in [6.07, 6.45) is 4.14. The van der Waals surface area contributed by atoms with Gasteiger partial charge in [-0.3, -0.25) is 4.79 Å². The lowest BCUT2D eigenvalue weighted by molar-refractivity contribution is 0.0922. The predicted octanol–water partition coefficient (Wildman–Crippen LogP) is 3.03. The van der Waals surface area contributed by atoms with Crippen LogP contribution in [0.1, 0.15) is 56.8 Å². The Hall–Kier alpha value is -1.60. The van der Waals surface area contributed by atoms with Crippen LogP contribution >= 0.6 is 0 Å². The smallest absolute Gasteiger partial charge is 0.251 e. The molecule has 6 nitrogen and oxygen atoms in total. The van der Waals surface area contributed by atoms with Gasteiger partial charge in [0.15, 0.2) is 0 Å². The quantitative estimate of drug-likeness (QED) is 0.786. The monoisotopic (exact) mass is 382 g/mol. The van der Waals surface area contributed by atoms with Gasteiger partial charge in [0.05, 0.1) is 7.11 Å². The van der Waals surface area contributed by atoms with Crippen molar-refractivity contribution in [3.63, 3.8) is 0 Å². The first kappa shape index (κ1) is 20.7. The number of nitrogens with zero attached hydrogens (tertiary/aromatic N) is 1. The number of carbonyl (C=O) groups is 1. The van der Waals surface area contributed by atoms with E-state index < -0.39 is 10.0 Å². The van der Waals surface area contributed by atoms with Crippen LogP contribution in [0.3, 0.4) is 0 Å². The molecule has 0 heterocycles. The van der Waals surface area contributed by atoms with E-state index in [1.807, 2.05) is 0 Å². The van der Waals surface area contributed by atoms with E-state index in [1.165, 1.54) is 17.5 Å². The Morgan fingerprint density at radius 3 is 2.35 bits per heavy atom. The van der Waals surface area contributed by atoms with Gasteiger partial charge in [0, 0.05) is 24.7 Å². The number of benzene rings is 1. The molecule has 1 aliphatic carbocycles. The molecule has 1 N–H and O–H groups in total. The molecule has 0 aliphatic heterocycles. The number of rotatable bonds is 7. The number of methoxy groups -OCH3 is 1. The van der Waals surface area contributed by atoms with Crippen molar-refractivity contribution in [3.05, 3.63) is 23.8 Å². The van der Waals surface area contributed by atoms with E-state index >= 15 is 0 Å². The highest BCUT2D eigenvalue weighted by atomic mass is 32.2. The number of ether oxygens (including phenoxy) is 1. The van der Waals surface area contributed by atoms with Gasteiger partial charge in [-0.15, -0.1) is 0 Å². The fourth-order valence-electron chi connectivity index (χ4n) is 3.40. The van der Waals surface area contributed by atoms with E-state index in [4.69, 9.17) is 4.74 Å². The molecule has 1 fully saturated rings. The maximum atomic E-state index is 12.9. The second kappa shape index (κ2) is 8.86. The molecule has 0 bridgehead atoms. The van der Waals surface area contributed by atoms with Crippen molar-refractivity contribution in [1.82, 2.24) is 9.62 Å². The number of amides is 1. The Morgan fingerprint density at radius 2 is 1.81 bits per heavy atom. The van der Waals surface area contributed by atoms with Gasteiger partial charge in [-0.1, -0.05) is 20.8 Å². The van der Waals surface area contributed by atoms with E-state index in [2.05, 4.69) is 12.2 Å². The minimum Gasteiger partial charge on any atom is -0.495 e. The van der Waals surface area contributed by atoms with Crippen LogP contribution < -0.4 is 10.1 Å². The number of hydrogen-bond donors (Lipinski definition) is 1. The lowest BCUT2D eigenvalue weighted by atomic mass is 9.87. The molecule has 0 radical (unpaired) electrons. The molecule has 0 atom stereocenters. The zero-order valence-electron chi connectivity index (χ0n) is 16.1. The molecule has 1 aromatic carbocycles. The highest BCUT2D eigenvalue weighted by Gasteiger charge is 2.27. The Labute approximate surface area is 157 Å². The third-order valence-electron chi connectivity index (χ3n) is 5.10. The highest BCUT2D eigenvalue weighted by Crippen LogP contribution is 2.28. The Kier molecular flexibility index (Phi) is 7.06. The molecule has 0 aromatic heterocycles. The Morgan fingerprint density at radius 1 is 1.19 bits per heavy atom. The van der Waals surface area contributed by atoms with Gasteiger partial charge in [0.25, 0.3) is 5.91 Å². The summed E-state index contributed by atoms with van der Waals surface area (Å²) in [7, 11) is -2.28. The van der Waals surface area contributed by atoms with Crippen LogP contribution in [0.25, 0.3) is 0 Å². The minimum absolute atomic E-state index is 0.0358. The summed E-state index contributed by atoms with van der Waals surface area (Å²) in [5.74, 6) is 0.720. The first-order valence-electron chi connectivity index (χ1n) is 9.32. The van der Waals surface area contributed by atoms with Crippen molar-refractivity contribution >= 4 is 15.9 Å². The van der Waals surface area contributed by atoms with Crippen molar-refractivity contribution in [1.29, 1.82) is 0 Å². The minimum atomic E-state index is -3.71. The van der Waals surface area contributed by atoms with Crippen LogP contribution in [-0.2, 0) is 10.0 Å². The second-order valence-electron chi connectivity index (χ2n) is 6.89. The standard InChI is InChI=1S/C19H30N2O4S/c1-5-21(6-2)26(23,24)18-13-15(9-12-17(18)25-4)19(22)20-16-10-7-14(3)8-11-16/h9,12-14,16H,5-8,10-11H2,1-4H3,(H,20,22). The molecule has 2 rings (SSSR count). The van der Waals surface area contributed by atoms with Gasteiger partial charge in [0.1, 0.15) is 10.6 Å². The van der Waals surface area contributed by atoms with E-state index in [0.29, 0.717) is 24.6 Å². The molecule has 7 heteroatoms. The van der Waals surface area contributed by atoms with Crippen molar-refractivity contribution in [2.75, 3.05) is 20.2 Å². The zero-order valence-corrected chi connectivity index (χ0v) is 16.9. The maximum absolute atomic E-state index is 12.9. The largest absolute Gasteiger partial charge is 0.495 e. The molecular formula is C19H30N2O4S. The Balaban J connectivity index is 2.27. The highest BCUT2D eigenvalue weighted by molar-refractivity contribution is 7.89. The Bertz CT molecular complexity index is 721. The maximum Gasteiger partial charge on any atom is 0.251 e. The topological polar surface area (TPSA) is 75.7 Å². The summed E-state index contributed by atoms with van der Waals surface area (Å²) in [4.78, 5) is 12.7. The molecule has 0 unspecified atom stereocenters. The van der Waals surface area contributed by atoms with Crippen LogP contribution in [-0.4, -0.2) is 44.9 Å². The van der Waals surface area contributed by atoms with Gasteiger partial charge >= 0.3 is 0 Å². The molecule has 1 saturated carbocycles. The van der Waals surface area contributed by atoms with Gasteiger partial charge in [-0.05, 0) is 49.8 Å². The summed E-state index contributed by atoms with van der Waals surface area (Å²) < 4.78 is 32.4. The number of carbonyl (C=O) groups excluding carboxylic acids is 1. The van der Waals surface area contributed by atoms with Gasteiger partial charge in [0.2, 0.25) is 10.0 Å². The number of sulfonamides is 1. The summed E-state index contributed by atoms with van der Waals surface area (Å²) >= 11 is 0. The average molecular weight is 383 g/mol. The third kappa shape index (κ3) is 4.57. The van der Waals surface area contributed by atoms with E-state index in [9.17, 15) is 13.2 Å². The van der Waals surface area contributed by atoms with Crippen LogP contribution in [0.5, 0.6) is 5.75 Å². The lowest BCUT2D eigenvalue weighted by Gasteiger charge is -2.27. The normalized spacial score (nSPS) is 20.8. The summed E-state index contributed by atoms with van der Waals surface area (Å²) in [5.41, 5.74) is 0.343. The van der Waals surface area contributed by atoms with Crippen molar-refractivity contribution in [3.8, 4) is 5.75 Å². The average Bonchev–Trinajstić information content (AvgIpc) is 2.63. The lowest BCUT2D eigenvalue weighted by Crippen LogP contribution is -2.37. The second-order valence-corrected chi connectivity index (χ2v) is 8.79. The fourth-order valence-corrected chi connectivity index (χ4v) is 5.03. The zero-order chi connectivity index (χ0) is 19.3. The molecule has 0 saturated heterocycles. The van der Waals surface area contributed by atoms with E-state index in [-0.39, 0.29) is 22.6 Å². The molecule has 146 valence electrons. The number of hydrogen-bond acceptors (Lipinski definition) is 4. The molecule has 1 aliphatic rings. The molecule has 26 heavy (non-hydrogen) atoms. The molecule has 0 spiro atoms. The first-order chi connectivity index (χ1) is 12.3. The van der Waals surface area contributed by atoms with Crippen LogP contribution in [0.2, 0.25) is 0 Å². The predicted molar refractivity (Wildman–Crippen MR) is 102 cm³/mol. The van der Waals surface area contributed by atoms with Gasteiger partial charge < -0.3 is 10.1 Å². The number of nitrogens with one attached hydrogen (secondary N) is 1. The van der Waals surface area contributed by atoms with Gasteiger partial charge in [-0.2, -0.15) is 4.31 Å². The van der Waals surface area contributed by atoms with Crippen molar-refractivity contribution < 1.29 is 17.9 Å². The van der Waals surface area contributed by atoms with Crippen LogP contribution in [0.4, 0.5) is 0 Å².